The highest BCUT2D eigenvalue weighted by atomic mass is 16.5. The van der Waals surface area contributed by atoms with Crippen molar-refractivity contribution in [3.05, 3.63) is 53.1 Å². The summed E-state index contributed by atoms with van der Waals surface area (Å²) in [4.78, 5) is 29.3. The fourth-order valence-corrected chi connectivity index (χ4v) is 4.58. The van der Waals surface area contributed by atoms with Gasteiger partial charge in [0, 0.05) is 36.3 Å². The molecule has 1 saturated heterocycles. The molecule has 0 radical (unpaired) electrons. The van der Waals surface area contributed by atoms with Crippen molar-refractivity contribution in [1.82, 2.24) is 4.90 Å². The molecule has 1 unspecified atom stereocenters. The van der Waals surface area contributed by atoms with Crippen molar-refractivity contribution in [2.45, 2.75) is 38.6 Å². The number of carbonyl (C=O) groups is 2. The molecule has 2 aliphatic heterocycles. The van der Waals surface area contributed by atoms with Crippen LogP contribution >= 0.6 is 0 Å². The molecule has 6 nitrogen and oxygen atoms in total. The summed E-state index contributed by atoms with van der Waals surface area (Å²) in [7, 11) is 3.29. The van der Waals surface area contributed by atoms with Crippen molar-refractivity contribution in [2.24, 2.45) is 0 Å². The molecule has 2 aromatic carbocycles. The van der Waals surface area contributed by atoms with Gasteiger partial charge >= 0.3 is 0 Å². The van der Waals surface area contributed by atoms with Gasteiger partial charge in [0.05, 0.1) is 20.3 Å². The maximum Gasteiger partial charge on any atom is 0.254 e. The summed E-state index contributed by atoms with van der Waals surface area (Å²) in [6, 6.07) is 11.4. The van der Waals surface area contributed by atoms with E-state index in [-0.39, 0.29) is 17.9 Å². The molecule has 6 heteroatoms. The zero-order chi connectivity index (χ0) is 21.3. The third-order valence-electron chi connectivity index (χ3n) is 6.14. The largest absolute Gasteiger partial charge is 0.497 e. The molecule has 2 aliphatic rings. The van der Waals surface area contributed by atoms with Crippen LogP contribution in [0.1, 0.15) is 53.7 Å². The van der Waals surface area contributed by atoms with Crippen LogP contribution in [0.5, 0.6) is 11.5 Å². The van der Waals surface area contributed by atoms with Gasteiger partial charge in [0.25, 0.3) is 5.91 Å². The van der Waals surface area contributed by atoms with Gasteiger partial charge in [-0.25, -0.2) is 0 Å². The number of ether oxygens (including phenoxy) is 2. The molecule has 158 valence electrons. The fraction of sp³-hybridized carbons (Fsp3) is 0.417. The second-order valence-corrected chi connectivity index (χ2v) is 7.76. The van der Waals surface area contributed by atoms with E-state index in [0.29, 0.717) is 25.1 Å². The lowest BCUT2D eigenvalue weighted by Crippen LogP contribution is -2.31. The third kappa shape index (κ3) is 3.51. The first kappa shape index (κ1) is 20.3. The minimum absolute atomic E-state index is 0.0189. The van der Waals surface area contributed by atoms with Crippen LogP contribution in [-0.4, -0.2) is 44.0 Å². The molecule has 0 bridgehead atoms. The van der Waals surface area contributed by atoms with Gasteiger partial charge in [0.2, 0.25) is 5.91 Å². The van der Waals surface area contributed by atoms with Gasteiger partial charge in [0.15, 0.2) is 0 Å². The Kier molecular flexibility index (Phi) is 5.66. The molecule has 0 N–H and O–H groups in total. The van der Waals surface area contributed by atoms with E-state index < -0.39 is 0 Å². The Morgan fingerprint density at radius 3 is 2.63 bits per heavy atom. The number of fused-ring (bicyclic) bond motifs is 1. The topological polar surface area (TPSA) is 59.1 Å². The number of carbonyl (C=O) groups excluding carboxylic acids is 2. The molecular weight excluding hydrogens is 380 g/mol. The van der Waals surface area contributed by atoms with Gasteiger partial charge in [-0.2, -0.15) is 0 Å². The highest BCUT2D eigenvalue weighted by molar-refractivity contribution is 5.98. The summed E-state index contributed by atoms with van der Waals surface area (Å²) in [5.74, 6) is 1.66. The molecule has 4 rings (SSSR count). The predicted octanol–water partition coefficient (Wildman–Crippen LogP) is 3.98. The van der Waals surface area contributed by atoms with Crippen LogP contribution in [0.4, 0.5) is 5.69 Å². The van der Waals surface area contributed by atoms with E-state index in [9.17, 15) is 9.59 Å². The maximum absolute atomic E-state index is 13.4. The predicted molar refractivity (Wildman–Crippen MR) is 115 cm³/mol. The molecule has 0 aliphatic carbocycles. The van der Waals surface area contributed by atoms with Crippen molar-refractivity contribution in [3.8, 4) is 11.5 Å². The SMILES string of the molecule is CCC(=O)N1CCc2cc(C(=O)N3CCCC3c3cc(OC)ccc3OC)ccc21. The minimum atomic E-state index is -0.0472. The first-order valence-corrected chi connectivity index (χ1v) is 10.5. The summed E-state index contributed by atoms with van der Waals surface area (Å²) < 4.78 is 11.0. The number of anilines is 1. The number of nitrogens with zero attached hydrogens (tertiary/aromatic N) is 2. The maximum atomic E-state index is 13.4. The number of amides is 2. The Hall–Kier alpha value is -3.02. The quantitative estimate of drug-likeness (QED) is 0.751. The molecule has 0 aromatic heterocycles. The summed E-state index contributed by atoms with van der Waals surface area (Å²) in [6.07, 6.45) is 3.10. The molecule has 2 heterocycles. The van der Waals surface area contributed by atoms with Crippen molar-refractivity contribution >= 4 is 17.5 Å². The van der Waals surface area contributed by atoms with Crippen molar-refractivity contribution in [3.63, 3.8) is 0 Å². The van der Waals surface area contributed by atoms with Gasteiger partial charge in [-0.15, -0.1) is 0 Å². The van der Waals surface area contributed by atoms with Crippen LogP contribution in [0, 0.1) is 0 Å². The van der Waals surface area contributed by atoms with Crippen LogP contribution in [0.2, 0.25) is 0 Å². The van der Waals surface area contributed by atoms with E-state index in [4.69, 9.17) is 9.47 Å². The van der Waals surface area contributed by atoms with Crippen LogP contribution in [0.25, 0.3) is 0 Å². The fourth-order valence-electron chi connectivity index (χ4n) is 4.58. The Bertz CT molecular complexity index is 972. The Morgan fingerprint density at radius 1 is 1.07 bits per heavy atom. The highest BCUT2D eigenvalue weighted by Gasteiger charge is 2.33. The summed E-state index contributed by atoms with van der Waals surface area (Å²) >= 11 is 0. The Balaban J connectivity index is 1.62. The van der Waals surface area contributed by atoms with Gasteiger partial charge < -0.3 is 19.3 Å². The molecule has 0 spiro atoms. The van der Waals surface area contributed by atoms with Crippen LogP contribution in [0.15, 0.2) is 36.4 Å². The normalized spacial score (nSPS) is 17.8. The standard InChI is InChI=1S/C24H28N2O4/c1-4-23(27)25-13-11-16-14-17(7-9-20(16)25)24(28)26-12-5-6-21(26)19-15-18(29-2)8-10-22(19)30-3/h7-10,14-15,21H,4-6,11-13H2,1-3H3. The van der Waals surface area contributed by atoms with E-state index >= 15 is 0 Å². The smallest absolute Gasteiger partial charge is 0.254 e. The van der Waals surface area contributed by atoms with Crippen molar-refractivity contribution < 1.29 is 19.1 Å². The number of hydrogen-bond acceptors (Lipinski definition) is 4. The van der Waals surface area contributed by atoms with E-state index in [1.165, 1.54) is 0 Å². The summed E-state index contributed by atoms with van der Waals surface area (Å²) in [5.41, 5.74) is 3.65. The Morgan fingerprint density at radius 2 is 1.90 bits per heavy atom. The molecule has 30 heavy (non-hydrogen) atoms. The van der Waals surface area contributed by atoms with Gasteiger partial charge in [-0.3, -0.25) is 9.59 Å². The average Bonchev–Trinajstić information content (AvgIpc) is 3.44. The number of rotatable bonds is 5. The molecule has 2 aromatic rings. The lowest BCUT2D eigenvalue weighted by atomic mass is 10.0. The first-order valence-electron chi connectivity index (χ1n) is 10.5. The van der Waals surface area contributed by atoms with Crippen LogP contribution < -0.4 is 14.4 Å². The molecule has 0 saturated carbocycles. The van der Waals surface area contributed by atoms with E-state index in [1.807, 2.05) is 53.1 Å². The zero-order valence-electron chi connectivity index (χ0n) is 17.8. The van der Waals surface area contributed by atoms with Crippen molar-refractivity contribution in [1.29, 1.82) is 0 Å². The lowest BCUT2D eigenvalue weighted by molar-refractivity contribution is -0.118. The highest BCUT2D eigenvalue weighted by Crippen LogP contribution is 2.40. The first-order chi connectivity index (χ1) is 14.6. The number of likely N-dealkylation sites (tertiary alicyclic amines) is 1. The Labute approximate surface area is 177 Å². The monoisotopic (exact) mass is 408 g/mol. The number of hydrogen-bond donors (Lipinski definition) is 0. The molecule has 1 atom stereocenters. The third-order valence-corrected chi connectivity index (χ3v) is 6.14. The lowest BCUT2D eigenvalue weighted by Gasteiger charge is -2.27. The van der Waals surface area contributed by atoms with E-state index in [0.717, 1.165) is 47.6 Å². The van der Waals surface area contributed by atoms with Gasteiger partial charge in [0.1, 0.15) is 11.5 Å². The average molecular weight is 408 g/mol. The molecular formula is C24H28N2O4. The van der Waals surface area contributed by atoms with Crippen molar-refractivity contribution in [2.75, 3.05) is 32.2 Å². The minimum Gasteiger partial charge on any atom is -0.497 e. The van der Waals surface area contributed by atoms with E-state index in [1.54, 1.807) is 14.2 Å². The summed E-state index contributed by atoms with van der Waals surface area (Å²) in [6.45, 7) is 3.27. The molecule has 2 amide bonds. The molecule has 1 fully saturated rings. The second kappa shape index (κ2) is 8.38. The van der Waals surface area contributed by atoms with E-state index in [2.05, 4.69) is 0 Å². The van der Waals surface area contributed by atoms with Crippen LogP contribution in [0.3, 0.4) is 0 Å². The number of methoxy groups -OCH3 is 2. The summed E-state index contributed by atoms with van der Waals surface area (Å²) in [5, 5.41) is 0. The van der Waals surface area contributed by atoms with Crippen LogP contribution in [-0.2, 0) is 11.2 Å². The van der Waals surface area contributed by atoms with Gasteiger partial charge in [-0.05, 0) is 61.2 Å². The number of benzene rings is 2. The zero-order valence-corrected chi connectivity index (χ0v) is 17.8. The van der Waals surface area contributed by atoms with Gasteiger partial charge in [-0.1, -0.05) is 6.92 Å². The second-order valence-electron chi connectivity index (χ2n) is 7.76.